The van der Waals surface area contributed by atoms with Crippen LogP contribution in [0.25, 0.3) is 0 Å². The van der Waals surface area contributed by atoms with Crippen molar-refractivity contribution >= 4 is 11.9 Å². The molecule has 0 aromatic heterocycles. The quantitative estimate of drug-likeness (QED) is 0.0245. The molecule has 0 aliphatic carbocycles. The molecule has 6 heteroatoms. The van der Waals surface area contributed by atoms with Crippen molar-refractivity contribution in [3.63, 3.8) is 0 Å². The van der Waals surface area contributed by atoms with Crippen LogP contribution >= 0.6 is 0 Å². The first-order valence-electron chi connectivity index (χ1n) is 27.7. The smallest absolute Gasteiger partial charge is 0.306 e. The highest BCUT2D eigenvalue weighted by Crippen LogP contribution is 2.18. The number of hydrogen-bond acceptors (Lipinski definition) is 5. The molecule has 0 saturated heterocycles. The lowest BCUT2D eigenvalue weighted by molar-refractivity contribution is -0.151. The van der Waals surface area contributed by atoms with Crippen LogP contribution in [0.2, 0.25) is 0 Å². The Kier molecular flexibility index (Phi) is 50.1. The van der Waals surface area contributed by atoms with Crippen LogP contribution in [0.15, 0.2) is 72.9 Å². The summed E-state index contributed by atoms with van der Waals surface area (Å²) in [5, 5.41) is 23.9. The minimum Gasteiger partial charge on any atom is -0.462 e. The highest BCUT2D eigenvalue weighted by atomic mass is 16.5. The van der Waals surface area contributed by atoms with Gasteiger partial charge in [0.05, 0.1) is 25.2 Å². The molecule has 0 fully saturated rings. The fourth-order valence-corrected chi connectivity index (χ4v) is 8.21. The van der Waals surface area contributed by atoms with Crippen LogP contribution in [0.5, 0.6) is 0 Å². The maximum Gasteiger partial charge on any atom is 0.306 e. The monoisotopic (exact) mass is 908 g/mol. The summed E-state index contributed by atoms with van der Waals surface area (Å²) >= 11 is 0. The topological polar surface area (TPSA) is 95.9 Å². The maximum absolute atomic E-state index is 13.2. The van der Waals surface area contributed by atoms with E-state index in [4.69, 9.17) is 4.74 Å². The molecule has 0 aliphatic heterocycles. The number of esters is 1. The summed E-state index contributed by atoms with van der Waals surface area (Å²) in [6.07, 6.45) is 66.7. The Hall–Kier alpha value is -2.70. The van der Waals surface area contributed by atoms with Crippen molar-refractivity contribution in [2.75, 3.05) is 6.61 Å². The van der Waals surface area contributed by atoms with Gasteiger partial charge in [-0.25, -0.2) is 0 Å². The van der Waals surface area contributed by atoms with Gasteiger partial charge in [-0.1, -0.05) is 254 Å². The molecule has 6 nitrogen and oxygen atoms in total. The Morgan fingerprint density at radius 1 is 0.462 bits per heavy atom. The Morgan fingerprint density at radius 2 is 0.846 bits per heavy atom. The van der Waals surface area contributed by atoms with Crippen LogP contribution in [0.3, 0.4) is 0 Å². The lowest BCUT2D eigenvalue weighted by Crippen LogP contribution is -2.46. The molecule has 0 radical (unpaired) electrons. The fourth-order valence-electron chi connectivity index (χ4n) is 8.21. The van der Waals surface area contributed by atoms with Gasteiger partial charge in [-0.2, -0.15) is 0 Å². The van der Waals surface area contributed by atoms with Gasteiger partial charge in [0.2, 0.25) is 5.91 Å². The molecule has 0 bridgehead atoms. The molecular weight excluding hydrogens is 803 g/mol. The second-order valence-electron chi connectivity index (χ2n) is 18.7. The average Bonchev–Trinajstić information content (AvgIpc) is 3.30. The first-order valence-corrected chi connectivity index (χ1v) is 27.7. The van der Waals surface area contributed by atoms with E-state index in [1.165, 1.54) is 141 Å². The van der Waals surface area contributed by atoms with Crippen molar-refractivity contribution in [2.45, 2.75) is 283 Å². The predicted octanol–water partition coefficient (Wildman–Crippen LogP) is 17.0. The molecule has 0 aromatic rings. The Bertz CT molecular complexity index is 1200. The molecule has 0 heterocycles. The van der Waals surface area contributed by atoms with Crippen molar-refractivity contribution < 1.29 is 24.5 Å². The molecule has 3 atom stereocenters. The van der Waals surface area contributed by atoms with Crippen molar-refractivity contribution in [3.05, 3.63) is 72.9 Å². The molecule has 0 aromatic carbocycles. The van der Waals surface area contributed by atoms with E-state index >= 15 is 0 Å². The Balaban J connectivity index is 4.63. The van der Waals surface area contributed by atoms with Gasteiger partial charge in [0, 0.05) is 6.42 Å². The number of aliphatic hydroxyl groups is 2. The molecule has 65 heavy (non-hydrogen) atoms. The standard InChI is InChI=1S/C59H105NO5/c1-4-7-10-13-16-19-22-25-28-31-33-36-39-42-45-48-51-57(62)56(54-61)60-58(63)53-55(50-47-44-41-38-35-32-29-26-23-20-17-14-11-8-5-2)65-59(64)52-49-46-43-40-37-34-30-27-24-21-18-15-12-9-6-3/h9,12,15,18,21,24,26-27,29-30,34,37,55-57,61-62H,4-8,10-11,13-14,16-17,19-20,22-23,25,28,31-33,35-36,38-54H2,1-3H3,(H,60,63)/b12-9+,18-15+,24-21-,29-26+,30-27-,37-34+. The van der Waals surface area contributed by atoms with E-state index < -0.39 is 18.2 Å². The Labute approximate surface area is 402 Å². The van der Waals surface area contributed by atoms with E-state index in [1.54, 1.807) is 0 Å². The van der Waals surface area contributed by atoms with Crippen molar-refractivity contribution in [1.29, 1.82) is 0 Å². The zero-order valence-electron chi connectivity index (χ0n) is 42.9. The van der Waals surface area contributed by atoms with E-state index in [-0.39, 0.29) is 24.9 Å². The van der Waals surface area contributed by atoms with Gasteiger partial charge in [-0.15, -0.1) is 0 Å². The van der Waals surface area contributed by atoms with Crippen molar-refractivity contribution in [1.82, 2.24) is 5.32 Å². The van der Waals surface area contributed by atoms with Crippen molar-refractivity contribution in [2.24, 2.45) is 0 Å². The van der Waals surface area contributed by atoms with Crippen LogP contribution in [0, 0.1) is 0 Å². The molecule has 3 N–H and O–H groups in total. The third-order valence-corrected chi connectivity index (χ3v) is 12.4. The van der Waals surface area contributed by atoms with Crippen LogP contribution in [0.4, 0.5) is 0 Å². The summed E-state index contributed by atoms with van der Waals surface area (Å²) in [5.41, 5.74) is 0. The number of hydrogen-bond donors (Lipinski definition) is 3. The van der Waals surface area contributed by atoms with Gasteiger partial charge >= 0.3 is 5.97 Å². The number of carbonyl (C=O) groups is 2. The molecule has 3 unspecified atom stereocenters. The summed E-state index contributed by atoms with van der Waals surface area (Å²) in [5.74, 6) is -0.528. The minimum atomic E-state index is -0.801. The second kappa shape index (κ2) is 52.3. The number of unbranched alkanes of at least 4 members (excludes halogenated alkanes) is 29. The number of aliphatic hydroxyl groups excluding tert-OH is 2. The van der Waals surface area contributed by atoms with Gasteiger partial charge in [-0.3, -0.25) is 9.59 Å². The van der Waals surface area contributed by atoms with E-state index in [0.29, 0.717) is 19.3 Å². The minimum absolute atomic E-state index is 0.0527. The van der Waals surface area contributed by atoms with E-state index in [1.807, 2.05) is 36.5 Å². The number of rotatable bonds is 49. The van der Waals surface area contributed by atoms with Gasteiger partial charge in [0.15, 0.2) is 0 Å². The van der Waals surface area contributed by atoms with Crippen LogP contribution in [-0.2, 0) is 14.3 Å². The van der Waals surface area contributed by atoms with Crippen molar-refractivity contribution in [3.8, 4) is 0 Å². The molecular formula is C59H105NO5. The highest BCUT2D eigenvalue weighted by molar-refractivity contribution is 5.77. The second-order valence-corrected chi connectivity index (χ2v) is 18.7. The summed E-state index contributed by atoms with van der Waals surface area (Å²) in [6.45, 7) is 6.34. The van der Waals surface area contributed by atoms with Crippen LogP contribution in [-0.4, -0.2) is 46.9 Å². The third-order valence-electron chi connectivity index (χ3n) is 12.4. The van der Waals surface area contributed by atoms with Crippen LogP contribution in [0.1, 0.15) is 265 Å². The zero-order valence-corrected chi connectivity index (χ0v) is 42.9. The number of amides is 1. The summed E-state index contributed by atoms with van der Waals surface area (Å²) < 4.78 is 5.93. The lowest BCUT2D eigenvalue weighted by Gasteiger charge is -2.24. The predicted molar refractivity (Wildman–Crippen MR) is 282 cm³/mol. The van der Waals surface area contributed by atoms with E-state index in [2.05, 4.69) is 62.5 Å². The number of nitrogens with one attached hydrogen (secondary N) is 1. The number of allylic oxidation sites excluding steroid dienone is 12. The molecule has 1 amide bonds. The molecule has 0 aliphatic rings. The summed E-state index contributed by atoms with van der Waals surface area (Å²) in [7, 11) is 0. The number of carbonyl (C=O) groups excluding carboxylic acids is 2. The lowest BCUT2D eigenvalue weighted by atomic mass is 10.0. The fraction of sp³-hybridized carbons (Fsp3) is 0.763. The summed E-state index contributed by atoms with van der Waals surface area (Å²) in [6, 6.07) is -0.717. The van der Waals surface area contributed by atoms with Crippen LogP contribution < -0.4 is 5.32 Å². The average molecular weight is 908 g/mol. The molecule has 0 rings (SSSR count). The molecule has 0 spiro atoms. The highest BCUT2D eigenvalue weighted by Gasteiger charge is 2.24. The maximum atomic E-state index is 13.2. The SMILES string of the molecule is CC/C=C/C=C/C=C\C=C/C=C/CCCCCC(=O)OC(CCCCCCC/C=C/CCCCCCCC)CC(=O)NC(CO)C(O)CCCCCCCCCCCCCCCCCC. The largest absolute Gasteiger partial charge is 0.462 e. The summed E-state index contributed by atoms with van der Waals surface area (Å²) in [4.78, 5) is 26.2. The third kappa shape index (κ3) is 47.6. The van der Waals surface area contributed by atoms with E-state index in [0.717, 1.165) is 77.0 Å². The molecule has 376 valence electrons. The van der Waals surface area contributed by atoms with Gasteiger partial charge in [-0.05, 0) is 70.6 Å². The first kappa shape index (κ1) is 62.3. The number of ether oxygens (including phenoxy) is 1. The van der Waals surface area contributed by atoms with Gasteiger partial charge < -0.3 is 20.3 Å². The first-order chi connectivity index (χ1) is 32.0. The normalized spacial score (nSPS) is 13.7. The van der Waals surface area contributed by atoms with Gasteiger partial charge in [0.1, 0.15) is 6.10 Å². The Morgan fingerprint density at radius 3 is 1.31 bits per heavy atom. The molecule has 0 saturated carbocycles. The van der Waals surface area contributed by atoms with E-state index in [9.17, 15) is 19.8 Å². The van der Waals surface area contributed by atoms with Gasteiger partial charge in [0.25, 0.3) is 0 Å². The zero-order chi connectivity index (χ0) is 47.4.